The van der Waals surface area contributed by atoms with E-state index in [1.54, 1.807) is 0 Å². The Morgan fingerprint density at radius 1 is 0.688 bits per heavy atom. The Bertz CT molecular complexity index is 1020. The van der Waals surface area contributed by atoms with Crippen molar-refractivity contribution in [1.29, 1.82) is 0 Å². The van der Waals surface area contributed by atoms with Gasteiger partial charge in [0.25, 0.3) is 11.8 Å². The molecule has 0 aromatic rings. The second-order valence-corrected chi connectivity index (χ2v) is 12.4. The first kappa shape index (κ1) is 39.6. The van der Waals surface area contributed by atoms with Crippen LogP contribution in [0.1, 0.15) is 32.1 Å². The highest BCUT2D eigenvalue weighted by atomic mass is 32.2. The highest BCUT2D eigenvalue weighted by molar-refractivity contribution is 8.00. The molecule has 0 saturated carbocycles. The summed E-state index contributed by atoms with van der Waals surface area (Å²) >= 11 is 1.89. The van der Waals surface area contributed by atoms with Gasteiger partial charge in [0.05, 0.1) is 91.4 Å². The molecule has 3 atom stereocenters. The number of rotatable bonds is 29. The summed E-state index contributed by atoms with van der Waals surface area (Å²) in [4.78, 5) is 59.2. The molecule has 16 nitrogen and oxygen atoms in total. The molecule has 6 amide bonds. The monoisotopic (exact) mass is 701 g/mol. The number of urea groups is 1. The number of hydrogen-bond acceptors (Lipinski definition) is 12. The fourth-order valence-corrected chi connectivity index (χ4v) is 6.59. The van der Waals surface area contributed by atoms with Crippen molar-refractivity contribution < 1.29 is 52.4 Å². The van der Waals surface area contributed by atoms with Crippen molar-refractivity contribution >= 4 is 41.4 Å². The van der Waals surface area contributed by atoms with Gasteiger partial charge in [0.15, 0.2) is 0 Å². The molecular weight excluding hydrogens is 650 g/mol. The van der Waals surface area contributed by atoms with Crippen LogP contribution in [0.3, 0.4) is 0 Å². The molecule has 48 heavy (non-hydrogen) atoms. The topological polar surface area (TPSA) is 192 Å². The van der Waals surface area contributed by atoms with Gasteiger partial charge in [0.1, 0.15) is 0 Å². The molecule has 2 unspecified atom stereocenters. The minimum absolute atomic E-state index is 0.0311. The number of unbranched alkanes of at least 4 members (excludes halogenated alkanes) is 1. The van der Waals surface area contributed by atoms with Gasteiger partial charge in [-0.2, -0.15) is 11.8 Å². The van der Waals surface area contributed by atoms with E-state index in [4.69, 9.17) is 28.4 Å². The second-order valence-electron chi connectivity index (χ2n) is 11.2. The molecule has 4 N–H and O–H groups in total. The van der Waals surface area contributed by atoms with E-state index < -0.39 is 11.8 Å². The fraction of sp³-hybridized carbons (Fsp3) is 0.774. The summed E-state index contributed by atoms with van der Waals surface area (Å²) < 4.78 is 32.7. The maximum atomic E-state index is 12.0. The average Bonchev–Trinajstić information content (AvgIpc) is 3.73. The Morgan fingerprint density at radius 2 is 1.17 bits per heavy atom. The van der Waals surface area contributed by atoms with Crippen LogP contribution in [0.2, 0.25) is 0 Å². The summed E-state index contributed by atoms with van der Waals surface area (Å²) in [7, 11) is 0. The molecule has 3 aliphatic rings. The molecular formula is C31H51N5O11S. The minimum Gasteiger partial charge on any atom is -0.377 e. The number of nitrogens with one attached hydrogen (secondary N) is 4. The van der Waals surface area contributed by atoms with Crippen molar-refractivity contribution in [3.8, 4) is 0 Å². The molecule has 0 aromatic heterocycles. The van der Waals surface area contributed by atoms with E-state index >= 15 is 0 Å². The number of thioether (sulfide) groups is 1. The van der Waals surface area contributed by atoms with Crippen LogP contribution in [0, 0.1) is 0 Å². The van der Waals surface area contributed by atoms with Gasteiger partial charge >= 0.3 is 6.03 Å². The quantitative estimate of drug-likeness (QED) is 0.0439. The smallest absolute Gasteiger partial charge is 0.315 e. The summed E-state index contributed by atoms with van der Waals surface area (Å²) in [6.45, 7) is 5.96. The maximum Gasteiger partial charge on any atom is 0.315 e. The third-order valence-corrected chi connectivity index (χ3v) is 9.05. The zero-order valence-corrected chi connectivity index (χ0v) is 28.4. The summed E-state index contributed by atoms with van der Waals surface area (Å²) in [6, 6.07) is 0.386. The van der Waals surface area contributed by atoms with E-state index in [2.05, 4.69) is 21.3 Å². The molecule has 0 aliphatic carbocycles. The summed E-state index contributed by atoms with van der Waals surface area (Å²) in [6.07, 6.45) is 5.73. The molecule has 3 aliphatic heterocycles. The van der Waals surface area contributed by atoms with Crippen LogP contribution in [0.5, 0.6) is 0 Å². The van der Waals surface area contributed by atoms with Gasteiger partial charge in [-0.3, -0.25) is 24.1 Å². The van der Waals surface area contributed by atoms with Crippen LogP contribution in [0.25, 0.3) is 0 Å². The third-order valence-electron chi connectivity index (χ3n) is 7.54. The van der Waals surface area contributed by atoms with Crippen LogP contribution in [0.15, 0.2) is 12.2 Å². The largest absolute Gasteiger partial charge is 0.377 e. The van der Waals surface area contributed by atoms with E-state index in [1.165, 1.54) is 12.2 Å². The summed E-state index contributed by atoms with van der Waals surface area (Å²) in [5.41, 5.74) is 0. The zero-order chi connectivity index (χ0) is 34.2. The molecule has 0 radical (unpaired) electrons. The Kier molecular flexibility index (Phi) is 20.1. The molecule has 2 saturated heterocycles. The van der Waals surface area contributed by atoms with Crippen LogP contribution < -0.4 is 21.3 Å². The number of ether oxygens (including phenoxy) is 6. The van der Waals surface area contributed by atoms with Gasteiger partial charge < -0.3 is 49.7 Å². The van der Waals surface area contributed by atoms with E-state index in [-0.39, 0.29) is 42.9 Å². The lowest BCUT2D eigenvalue weighted by atomic mass is 10.0. The second kappa shape index (κ2) is 24.4. The highest BCUT2D eigenvalue weighted by Gasteiger charge is 2.42. The van der Waals surface area contributed by atoms with E-state index in [0.29, 0.717) is 104 Å². The molecule has 0 spiro atoms. The number of nitrogens with zero attached hydrogens (tertiary/aromatic N) is 1. The van der Waals surface area contributed by atoms with Gasteiger partial charge in [-0.05, 0) is 12.8 Å². The van der Waals surface area contributed by atoms with Crippen molar-refractivity contribution in [2.24, 2.45) is 0 Å². The lowest BCUT2D eigenvalue weighted by Gasteiger charge is -2.16. The van der Waals surface area contributed by atoms with Crippen molar-refractivity contribution in [3.05, 3.63) is 12.2 Å². The molecule has 0 aromatic carbocycles. The number of carbonyl (C=O) groups is 5. The lowest BCUT2D eigenvalue weighted by Crippen LogP contribution is -2.36. The predicted molar refractivity (Wildman–Crippen MR) is 175 cm³/mol. The number of carbonyl (C=O) groups excluding carboxylic acids is 5. The number of fused-ring (bicyclic) bond motifs is 1. The maximum absolute atomic E-state index is 12.0. The molecule has 3 rings (SSSR count). The first-order chi connectivity index (χ1) is 23.4. The van der Waals surface area contributed by atoms with Crippen molar-refractivity contribution in [1.82, 2.24) is 26.2 Å². The van der Waals surface area contributed by atoms with Gasteiger partial charge in [0, 0.05) is 55.6 Å². The van der Waals surface area contributed by atoms with E-state index in [1.807, 2.05) is 11.8 Å². The van der Waals surface area contributed by atoms with Crippen LogP contribution >= 0.6 is 11.8 Å². The fourth-order valence-electron chi connectivity index (χ4n) is 5.04. The van der Waals surface area contributed by atoms with Gasteiger partial charge in [0.2, 0.25) is 11.8 Å². The lowest BCUT2D eigenvalue weighted by molar-refractivity contribution is -0.137. The van der Waals surface area contributed by atoms with Gasteiger partial charge in [-0.1, -0.05) is 6.42 Å². The molecule has 3 heterocycles. The molecule has 0 bridgehead atoms. The number of imide groups is 1. The SMILES string of the molecule is O=C(CCCC[C@@H]1SCC2NC(=O)NC21)NCCOCCOCCOCCOCCOCCOCCNC(=O)CCN1C(=O)C=CC1=O. The average molecular weight is 702 g/mol. The van der Waals surface area contributed by atoms with E-state index in [9.17, 15) is 24.0 Å². The Balaban J connectivity index is 0.945. The first-order valence-corrected chi connectivity index (χ1v) is 17.7. The van der Waals surface area contributed by atoms with Gasteiger partial charge in [-0.15, -0.1) is 0 Å². The summed E-state index contributed by atoms with van der Waals surface area (Å²) in [5, 5.41) is 11.9. The van der Waals surface area contributed by atoms with Crippen molar-refractivity contribution in [3.63, 3.8) is 0 Å². The number of hydrogen-bond donors (Lipinski definition) is 4. The number of amides is 6. The Hall–Kier alpha value is -2.80. The molecule has 17 heteroatoms. The minimum atomic E-state index is -0.400. The standard InChI is InChI=1S/C31H51N5O11S/c37-26(4-2-1-3-25-30-24(23-48-25)34-31(41)35-30)32-8-11-42-13-15-44-17-19-46-21-22-47-20-18-45-16-14-43-12-9-33-27(38)7-10-36-28(39)5-6-29(36)40/h5-6,24-25,30H,1-4,7-23H2,(H,32,37)(H,33,38)(H2,34,35,41)/t24?,25-,30?/m0/s1. The van der Waals surface area contributed by atoms with Crippen molar-refractivity contribution in [2.45, 2.75) is 49.4 Å². The Morgan fingerprint density at radius 3 is 1.69 bits per heavy atom. The normalized spacial score (nSPS) is 19.9. The van der Waals surface area contributed by atoms with Crippen LogP contribution in [0.4, 0.5) is 4.79 Å². The molecule has 272 valence electrons. The van der Waals surface area contributed by atoms with Crippen LogP contribution in [-0.4, -0.2) is 157 Å². The van der Waals surface area contributed by atoms with E-state index in [0.717, 1.165) is 29.9 Å². The van der Waals surface area contributed by atoms with Crippen molar-refractivity contribution in [2.75, 3.05) is 105 Å². The van der Waals surface area contributed by atoms with Gasteiger partial charge in [-0.25, -0.2) is 4.79 Å². The third kappa shape index (κ3) is 16.5. The Labute approximate surface area is 286 Å². The predicted octanol–water partition coefficient (Wildman–Crippen LogP) is -0.641. The molecule has 2 fully saturated rings. The zero-order valence-electron chi connectivity index (χ0n) is 27.6. The summed E-state index contributed by atoms with van der Waals surface area (Å²) in [5.74, 6) is -0.0724. The highest BCUT2D eigenvalue weighted by Crippen LogP contribution is 2.33. The van der Waals surface area contributed by atoms with Crippen LogP contribution in [-0.2, 0) is 47.6 Å². The first-order valence-electron chi connectivity index (χ1n) is 16.7.